The van der Waals surface area contributed by atoms with Crippen LogP contribution in [0.3, 0.4) is 0 Å². The van der Waals surface area contributed by atoms with Crippen molar-refractivity contribution >= 4 is 11.8 Å². The summed E-state index contributed by atoms with van der Waals surface area (Å²) in [6.45, 7) is 3.06. The van der Waals surface area contributed by atoms with Crippen molar-refractivity contribution in [1.82, 2.24) is 14.8 Å². The molecule has 0 unspecified atom stereocenters. The van der Waals surface area contributed by atoms with Gasteiger partial charge in [-0.25, -0.2) is 0 Å². The van der Waals surface area contributed by atoms with Gasteiger partial charge in [-0.2, -0.15) is 0 Å². The van der Waals surface area contributed by atoms with Gasteiger partial charge in [-0.1, -0.05) is 72.4 Å². The largest absolute Gasteiger partial charge is 0.306 e. The summed E-state index contributed by atoms with van der Waals surface area (Å²) in [7, 11) is 0. The lowest BCUT2D eigenvalue weighted by atomic mass is 10.1. The van der Waals surface area contributed by atoms with Crippen LogP contribution in [-0.2, 0) is 19.4 Å². The van der Waals surface area contributed by atoms with Crippen molar-refractivity contribution in [3.05, 3.63) is 77.6 Å². The Kier molecular flexibility index (Phi) is 5.48. The molecule has 0 amide bonds. The molecule has 0 fully saturated rings. The zero-order chi connectivity index (χ0) is 15.9. The molecule has 118 valence electrons. The van der Waals surface area contributed by atoms with E-state index in [0.717, 1.165) is 36.1 Å². The summed E-state index contributed by atoms with van der Waals surface area (Å²) in [5.41, 5.74) is 2.64. The predicted octanol–water partition coefficient (Wildman–Crippen LogP) is 4.22. The van der Waals surface area contributed by atoms with Gasteiger partial charge in [0.2, 0.25) is 0 Å². The van der Waals surface area contributed by atoms with Gasteiger partial charge < -0.3 is 4.57 Å². The molecule has 0 bridgehead atoms. The molecule has 3 aromatic rings. The number of hydrogen-bond acceptors (Lipinski definition) is 3. The Labute approximate surface area is 141 Å². The Bertz CT molecular complexity index is 723. The molecule has 0 aliphatic rings. The van der Waals surface area contributed by atoms with E-state index in [1.165, 1.54) is 11.1 Å². The maximum Gasteiger partial charge on any atom is 0.191 e. The van der Waals surface area contributed by atoms with E-state index in [4.69, 9.17) is 0 Å². The van der Waals surface area contributed by atoms with Crippen LogP contribution < -0.4 is 0 Å². The highest BCUT2D eigenvalue weighted by Crippen LogP contribution is 2.20. The topological polar surface area (TPSA) is 30.7 Å². The average Bonchev–Trinajstić information content (AvgIpc) is 2.98. The maximum absolute atomic E-state index is 4.40. The van der Waals surface area contributed by atoms with Gasteiger partial charge >= 0.3 is 0 Å². The standard InChI is InChI=1S/C19H21N3S/c1-2-22-18(15-17-11-7-4-8-12-17)20-21-19(22)23-14-13-16-9-5-3-6-10-16/h3-12H,2,13-15H2,1H3. The summed E-state index contributed by atoms with van der Waals surface area (Å²) >= 11 is 1.79. The quantitative estimate of drug-likeness (QED) is 0.610. The number of nitrogens with zero attached hydrogens (tertiary/aromatic N) is 3. The summed E-state index contributed by atoms with van der Waals surface area (Å²) in [6.07, 6.45) is 1.89. The molecular formula is C19H21N3S. The molecule has 0 aliphatic carbocycles. The van der Waals surface area contributed by atoms with Crippen molar-refractivity contribution in [2.75, 3.05) is 5.75 Å². The van der Waals surface area contributed by atoms with Crippen molar-refractivity contribution in [3.63, 3.8) is 0 Å². The maximum atomic E-state index is 4.40. The first-order chi connectivity index (χ1) is 11.4. The third-order valence-electron chi connectivity index (χ3n) is 3.78. The fraction of sp³-hybridized carbons (Fsp3) is 0.263. The Morgan fingerprint density at radius 2 is 1.52 bits per heavy atom. The van der Waals surface area contributed by atoms with E-state index in [0.29, 0.717) is 0 Å². The van der Waals surface area contributed by atoms with Crippen LogP contribution in [-0.4, -0.2) is 20.5 Å². The first-order valence-electron chi connectivity index (χ1n) is 7.99. The Balaban J connectivity index is 1.64. The number of aryl methyl sites for hydroxylation is 1. The lowest BCUT2D eigenvalue weighted by Crippen LogP contribution is -2.04. The van der Waals surface area contributed by atoms with Crippen molar-refractivity contribution in [2.24, 2.45) is 0 Å². The minimum absolute atomic E-state index is 0.834. The van der Waals surface area contributed by atoms with Crippen LogP contribution in [0, 0.1) is 0 Å². The van der Waals surface area contributed by atoms with Gasteiger partial charge in [-0.15, -0.1) is 10.2 Å². The highest BCUT2D eigenvalue weighted by atomic mass is 32.2. The molecule has 23 heavy (non-hydrogen) atoms. The number of hydrogen-bond donors (Lipinski definition) is 0. The van der Waals surface area contributed by atoms with Crippen LogP contribution in [0.5, 0.6) is 0 Å². The summed E-state index contributed by atoms with van der Waals surface area (Å²) < 4.78 is 2.22. The Hall–Kier alpha value is -2.07. The van der Waals surface area contributed by atoms with Gasteiger partial charge in [0.15, 0.2) is 5.16 Å². The second-order valence-electron chi connectivity index (χ2n) is 5.39. The third-order valence-corrected chi connectivity index (χ3v) is 4.75. The van der Waals surface area contributed by atoms with Crippen molar-refractivity contribution in [3.8, 4) is 0 Å². The molecule has 3 rings (SSSR count). The minimum Gasteiger partial charge on any atom is -0.306 e. The molecule has 0 radical (unpaired) electrons. The number of thioether (sulfide) groups is 1. The van der Waals surface area contributed by atoms with Crippen LogP contribution in [0.25, 0.3) is 0 Å². The fourth-order valence-electron chi connectivity index (χ4n) is 2.56. The molecule has 3 nitrogen and oxygen atoms in total. The molecule has 1 aromatic heterocycles. The zero-order valence-electron chi connectivity index (χ0n) is 13.4. The van der Waals surface area contributed by atoms with Crippen LogP contribution >= 0.6 is 11.8 Å². The van der Waals surface area contributed by atoms with E-state index in [1.807, 2.05) is 6.07 Å². The molecule has 0 saturated carbocycles. The summed E-state index contributed by atoms with van der Waals surface area (Å²) in [4.78, 5) is 0. The average molecular weight is 323 g/mol. The molecule has 0 saturated heterocycles. The van der Waals surface area contributed by atoms with Crippen LogP contribution in [0.1, 0.15) is 23.9 Å². The van der Waals surface area contributed by atoms with Crippen LogP contribution in [0.15, 0.2) is 65.8 Å². The molecule has 2 aromatic carbocycles. The van der Waals surface area contributed by atoms with E-state index in [2.05, 4.69) is 76.3 Å². The Morgan fingerprint density at radius 3 is 2.17 bits per heavy atom. The summed E-state index contributed by atoms with van der Waals surface area (Å²) in [5, 5.41) is 9.81. The number of rotatable bonds is 7. The molecule has 0 spiro atoms. The number of benzene rings is 2. The summed E-state index contributed by atoms with van der Waals surface area (Å²) in [6, 6.07) is 21.0. The van der Waals surface area contributed by atoms with Gasteiger partial charge in [0, 0.05) is 18.7 Å². The van der Waals surface area contributed by atoms with Crippen LogP contribution in [0.2, 0.25) is 0 Å². The molecular weight excluding hydrogens is 302 g/mol. The summed E-state index contributed by atoms with van der Waals surface area (Å²) in [5.74, 6) is 2.06. The van der Waals surface area contributed by atoms with Crippen molar-refractivity contribution in [1.29, 1.82) is 0 Å². The van der Waals surface area contributed by atoms with Crippen molar-refractivity contribution < 1.29 is 0 Å². The highest BCUT2D eigenvalue weighted by molar-refractivity contribution is 7.99. The van der Waals surface area contributed by atoms with E-state index < -0.39 is 0 Å². The normalized spacial score (nSPS) is 10.8. The van der Waals surface area contributed by atoms with E-state index in [-0.39, 0.29) is 0 Å². The van der Waals surface area contributed by atoms with Crippen molar-refractivity contribution in [2.45, 2.75) is 31.5 Å². The second-order valence-corrected chi connectivity index (χ2v) is 6.45. The molecule has 0 aliphatic heterocycles. The Morgan fingerprint density at radius 1 is 0.870 bits per heavy atom. The van der Waals surface area contributed by atoms with Gasteiger partial charge in [0.25, 0.3) is 0 Å². The van der Waals surface area contributed by atoms with Gasteiger partial charge in [0.1, 0.15) is 5.82 Å². The SMILES string of the molecule is CCn1c(Cc2ccccc2)nnc1SCCc1ccccc1. The smallest absolute Gasteiger partial charge is 0.191 e. The minimum atomic E-state index is 0.834. The molecule has 0 N–H and O–H groups in total. The predicted molar refractivity (Wildman–Crippen MR) is 95.8 cm³/mol. The fourth-order valence-corrected chi connectivity index (χ4v) is 3.57. The first kappa shape index (κ1) is 15.8. The molecule has 4 heteroatoms. The van der Waals surface area contributed by atoms with Gasteiger partial charge in [0.05, 0.1) is 0 Å². The van der Waals surface area contributed by atoms with E-state index in [9.17, 15) is 0 Å². The van der Waals surface area contributed by atoms with E-state index >= 15 is 0 Å². The lowest BCUT2D eigenvalue weighted by molar-refractivity contribution is 0.651. The molecule has 1 heterocycles. The monoisotopic (exact) mass is 323 g/mol. The first-order valence-corrected chi connectivity index (χ1v) is 8.98. The number of aromatic nitrogens is 3. The molecule has 0 atom stereocenters. The third kappa shape index (κ3) is 4.23. The zero-order valence-corrected chi connectivity index (χ0v) is 14.2. The second kappa shape index (κ2) is 7.97. The van der Waals surface area contributed by atoms with Gasteiger partial charge in [-0.05, 0) is 24.5 Å². The van der Waals surface area contributed by atoms with Crippen LogP contribution in [0.4, 0.5) is 0 Å². The highest BCUT2D eigenvalue weighted by Gasteiger charge is 2.11. The van der Waals surface area contributed by atoms with Gasteiger partial charge in [-0.3, -0.25) is 0 Å². The van der Waals surface area contributed by atoms with E-state index in [1.54, 1.807) is 11.8 Å². The lowest BCUT2D eigenvalue weighted by Gasteiger charge is -2.07.